The number of carbonyl (C=O) groups excluding carboxylic acids is 1. The molecule has 0 aromatic heterocycles. The number of hydrogen-bond donors (Lipinski definition) is 3. The third-order valence-corrected chi connectivity index (χ3v) is 3.07. The number of amidine groups is 1. The summed E-state index contributed by atoms with van der Waals surface area (Å²) in [6, 6.07) is 6.99. The van der Waals surface area contributed by atoms with E-state index in [2.05, 4.69) is 12.2 Å². The number of amides is 1. The Balaban J connectivity index is 2.29. The molecule has 0 aliphatic rings. The van der Waals surface area contributed by atoms with Gasteiger partial charge in [0.1, 0.15) is 11.6 Å². The zero-order chi connectivity index (χ0) is 15.5. The van der Waals surface area contributed by atoms with Gasteiger partial charge in [0.05, 0.1) is 13.2 Å². The van der Waals surface area contributed by atoms with Crippen molar-refractivity contribution in [2.75, 3.05) is 13.2 Å². The Morgan fingerprint density at radius 1 is 1.19 bits per heavy atom. The monoisotopic (exact) mass is 291 g/mol. The second-order valence-corrected chi connectivity index (χ2v) is 4.99. The number of benzene rings is 1. The number of rotatable bonds is 10. The van der Waals surface area contributed by atoms with Crippen molar-refractivity contribution >= 4 is 11.7 Å². The van der Waals surface area contributed by atoms with Gasteiger partial charge in [0, 0.05) is 5.56 Å². The van der Waals surface area contributed by atoms with Crippen molar-refractivity contribution < 1.29 is 9.53 Å². The lowest BCUT2D eigenvalue weighted by Gasteiger charge is -2.07. The highest BCUT2D eigenvalue weighted by Gasteiger charge is 2.05. The van der Waals surface area contributed by atoms with Gasteiger partial charge in [0.2, 0.25) is 0 Å². The Morgan fingerprint density at radius 2 is 1.86 bits per heavy atom. The standard InChI is InChI=1S/C16H25N3O2/c1-2-3-4-5-6-11-21-14-9-7-13(8-10-14)16(20)19-12-15(17)18/h7-10H,2-6,11-12H2,1H3,(H3,17,18)(H,19,20). The maximum absolute atomic E-state index is 11.7. The number of unbranched alkanes of at least 4 members (excludes halogenated alkanes) is 4. The van der Waals surface area contributed by atoms with Gasteiger partial charge in [-0.15, -0.1) is 0 Å². The second kappa shape index (κ2) is 9.80. The molecule has 5 nitrogen and oxygen atoms in total. The minimum absolute atomic E-state index is 0.0635. The number of hydrogen-bond acceptors (Lipinski definition) is 3. The lowest BCUT2D eigenvalue weighted by molar-refractivity contribution is 0.0959. The van der Waals surface area contributed by atoms with Crippen LogP contribution in [0.2, 0.25) is 0 Å². The second-order valence-electron chi connectivity index (χ2n) is 4.99. The summed E-state index contributed by atoms with van der Waals surface area (Å²) in [5.74, 6) is 0.469. The smallest absolute Gasteiger partial charge is 0.251 e. The fourth-order valence-corrected chi connectivity index (χ4v) is 1.88. The molecule has 116 valence electrons. The summed E-state index contributed by atoms with van der Waals surface area (Å²) in [4.78, 5) is 11.7. The molecule has 0 aliphatic heterocycles. The van der Waals surface area contributed by atoms with Gasteiger partial charge >= 0.3 is 0 Å². The number of nitrogens with two attached hydrogens (primary N) is 1. The van der Waals surface area contributed by atoms with E-state index in [0.29, 0.717) is 12.2 Å². The lowest BCUT2D eigenvalue weighted by Crippen LogP contribution is -2.32. The van der Waals surface area contributed by atoms with Crippen LogP contribution in [-0.2, 0) is 0 Å². The van der Waals surface area contributed by atoms with Crippen LogP contribution < -0.4 is 15.8 Å². The Hall–Kier alpha value is -2.04. The minimum Gasteiger partial charge on any atom is -0.494 e. The Kier molecular flexibility index (Phi) is 7.94. The molecule has 21 heavy (non-hydrogen) atoms. The van der Waals surface area contributed by atoms with Gasteiger partial charge in [0.15, 0.2) is 0 Å². The van der Waals surface area contributed by atoms with Crippen molar-refractivity contribution in [1.82, 2.24) is 5.32 Å². The van der Waals surface area contributed by atoms with Crippen LogP contribution in [0, 0.1) is 5.41 Å². The van der Waals surface area contributed by atoms with Crippen LogP contribution in [0.4, 0.5) is 0 Å². The third-order valence-electron chi connectivity index (χ3n) is 3.07. The maximum Gasteiger partial charge on any atom is 0.251 e. The molecule has 1 aromatic carbocycles. The van der Waals surface area contributed by atoms with Crippen LogP contribution in [-0.4, -0.2) is 24.9 Å². The van der Waals surface area contributed by atoms with Crippen LogP contribution >= 0.6 is 0 Å². The molecule has 0 aliphatic carbocycles. The third kappa shape index (κ3) is 7.34. The predicted molar refractivity (Wildman–Crippen MR) is 84.9 cm³/mol. The zero-order valence-electron chi connectivity index (χ0n) is 12.7. The molecule has 5 heteroatoms. The van der Waals surface area contributed by atoms with Crippen molar-refractivity contribution in [1.29, 1.82) is 5.41 Å². The molecule has 1 aromatic rings. The number of carbonyl (C=O) groups is 1. The summed E-state index contributed by atoms with van der Waals surface area (Å²) in [5, 5.41) is 9.62. The summed E-state index contributed by atoms with van der Waals surface area (Å²) in [6.07, 6.45) is 6.04. The number of ether oxygens (including phenoxy) is 1. The van der Waals surface area contributed by atoms with Crippen LogP contribution in [0.3, 0.4) is 0 Å². The van der Waals surface area contributed by atoms with E-state index in [-0.39, 0.29) is 18.3 Å². The number of nitrogens with one attached hydrogen (secondary N) is 2. The maximum atomic E-state index is 11.7. The van der Waals surface area contributed by atoms with Crippen LogP contribution in [0.25, 0.3) is 0 Å². The van der Waals surface area contributed by atoms with Crippen LogP contribution in [0.1, 0.15) is 49.4 Å². The van der Waals surface area contributed by atoms with Gasteiger partial charge in [-0.2, -0.15) is 0 Å². The van der Waals surface area contributed by atoms with Gasteiger partial charge < -0.3 is 15.8 Å². The van der Waals surface area contributed by atoms with Crippen molar-refractivity contribution in [3.63, 3.8) is 0 Å². The van der Waals surface area contributed by atoms with Crippen molar-refractivity contribution in [2.45, 2.75) is 39.0 Å². The first-order valence-corrected chi connectivity index (χ1v) is 7.47. The fourth-order valence-electron chi connectivity index (χ4n) is 1.88. The van der Waals surface area contributed by atoms with E-state index in [1.807, 2.05) is 0 Å². The molecule has 0 spiro atoms. The Morgan fingerprint density at radius 3 is 2.48 bits per heavy atom. The van der Waals surface area contributed by atoms with Gasteiger partial charge in [-0.3, -0.25) is 10.2 Å². The average molecular weight is 291 g/mol. The Bertz CT molecular complexity index is 443. The molecule has 0 saturated carbocycles. The molecule has 1 amide bonds. The van der Waals surface area contributed by atoms with E-state index in [1.165, 1.54) is 25.7 Å². The topological polar surface area (TPSA) is 88.2 Å². The van der Waals surface area contributed by atoms with Gasteiger partial charge in [-0.1, -0.05) is 32.6 Å². The van der Waals surface area contributed by atoms with Crippen molar-refractivity contribution in [3.8, 4) is 5.75 Å². The summed E-state index contributed by atoms with van der Waals surface area (Å²) >= 11 is 0. The van der Waals surface area contributed by atoms with E-state index in [0.717, 1.165) is 12.2 Å². The first-order valence-electron chi connectivity index (χ1n) is 7.47. The predicted octanol–water partition coefficient (Wildman–Crippen LogP) is 2.70. The summed E-state index contributed by atoms with van der Waals surface area (Å²) < 4.78 is 5.63. The van der Waals surface area contributed by atoms with Crippen LogP contribution in [0.5, 0.6) is 5.75 Å². The van der Waals surface area contributed by atoms with Crippen molar-refractivity contribution in [3.05, 3.63) is 29.8 Å². The van der Waals surface area contributed by atoms with E-state index in [1.54, 1.807) is 24.3 Å². The normalized spacial score (nSPS) is 10.1. The lowest BCUT2D eigenvalue weighted by atomic mass is 10.2. The highest BCUT2D eigenvalue weighted by Crippen LogP contribution is 2.13. The molecular formula is C16H25N3O2. The molecule has 1 rings (SSSR count). The summed E-state index contributed by atoms with van der Waals surface area (Å²) in [7, 11) is 0. The fraction of sp³-hybridized carbons (Fsp3) is 0.500. The van der Waals surface area contributed by atoms with E-state index in [4.69, 9.17) is 15.9 Å². The first-order chi connectivity index (χ1) is 10.1. The molecule has 0 unspecified atom stereocenters. The van der Waals surface area contributed by atoms with Gasteiger partial charge in [0.25, 0.3) is 5.91 Å². The molecule has 4 N–H and O–H groups in total. The van der Waals surface area contributed by atoms with E-state index < -0.39 is 0 Å². The van der Waals surface area contributed by atoms with Crippen LogP contribution in [0.15, 0.2) is 24.3 Å². The SMILES string of the molecule is CCCCCCCOc1ccc(C(=O)NCC(=N)N)cc1. The summed E-state index contributed by atoms with van der Waals surface area (Å²) in [6.45, 7) is 2.97. The van der Waals surface area contributed by atoms with E-state index >= 15 is 0 Å². The van der Waals surface area contributed by atoms with E-state index in [9.17, 15) is 4.79 Å². The first kappa shape index (κ1) is 17.0. The van der Waals surface area contributed by atoms with Gasteiger partial charge in [-0.25, -0.2) is 0 Å². The van der Waals surface area contributed by atoms with Crippen molar-refractivity contribution in [2.24, 2.45) is 5.73 Å². The zero-order valence-corrected chi connectivity index (χ0v) is 12.7. The molecule has 0 radical (unpaired) electrons. The molecule has 0 fully saturated rings. The Labute approximate surface area is 126 Å². The minimum atomic E-state index is -0.240. The highest BCUT2D eigenvalue weighted by molar-refractivity contribution is 5.96. The molecular weight excluding hydrogens is 266 g/mol. The highest BCUT2D eigenvalue weighted by atomic mass is 16.5. The quantitative estimate of drug-likeness (QED) is 0.352. The van der Waals surface area contributed by atoms with Gasteiger partial charge in [-0.05, 0) is 30.7 Å². The molecule has 0 atom stereocenters. The molecule has 0 saturated heterocycles. The summed E-state index contributed by atoms with van der Waals surface area (Å²) in [5.41, 5.74) is 5.72. The molecule has 0 bridgehead atoms. The molecule has 0 heterocycles. The average Bonchev–Trinajstić information content (AvgIpc) is 2.49. The largest absolute Gasteiger partial charge is 0.494 e.